The van der Waals surface area contributed by atoms with E-state index >= 15 is 0 Å². The van der Waals surface area contributed by atoms with Crippen molar-refractivity contribution in [3.63, 3.8) is 0 Å². The lowest BCUT2D eigenvalue weighted by molar-refractivity contribution is 0.0826. The van der Waals surface area contributed by atoms with Gasteiger partial charge in [-0.25, -0.2) is 0 Å². The molecular formula is C29H46O. The SMILES string of the molecule is C=C1CCC2CC12C(C=C1CCC[C@@]2(C)C1CCC2[C@H](C)C=C[C@H](C)C(C)C)OC. The van der Waals surface area contributed by atoms with E-state index in [1.165, 1.54) is 56.9 Å². The lowest BCUT2D eigenvalue weighted by Crippen LogP contribution is -2.36. The molecule has 4 rings (SSSR count). The monoisotopic (exact) mass is 410 g/mol. The summed E-state index contributed by atoms with van der Waals surface area (Å²) in [6.45, 7) is 16.6. The van der Waals surface area contributed by atoms with Crippen molar-refractivity contribution in [3.05, 3.63) is 36.0 Å². The van der Waals surface area contributed by atoms with Crippen LogP contribution in [0, 0.1) is 46.3 Å². The van der Waals surface area contributed by atoms with Crippen molar-refractivity contribution >= 4 is 0 Å². The van der Waals surface area contributed by atoms with Gasteiger partial charge < -0.3 is 4.74 Å². The third kappa shape index (κ3) is 3.58. The molecule has 0 bridgehead atoms. The quantitative estimate of drug-likeness (QED) is 0.386. The molecule has 4 fully saturated rings. The van der Waals surface area contributed by atoms with E-state index in [1.54, 1.807) is 5.57 Å². The van der Waals surface area contributed by atoms with Crippen molar-refractivity contribution in [3.8, 4) is 0 Å². The summed E-state index contributed by atoms with van der Waals surface area (Å²) in [4.78, 5) is 0. The summed E-state index contributed by atoms with van der Waals surface area (Å²) >= 11 is 0. The zero-order valence-electron chi connectivity index (χ0n) is 20.5. The molecule has 30 heavy (non-hydrogen) atoms. The first-order valence-electron chi connectivity index (χ1n) is 12.8. The minimum Gasteiger partial charge on any atom is -0.376 e. The Labute approximate surface area is 186 Å². The Balaban J connectivity index is 1.52. The van der Waals surface area contributed by atoms with E-state index < -0.39 is 0 Å². The highest BCUT2D eigenvalue weighted by Gasteiger charge is 2.63. The van der Waals surface area contributed by atoms with Crippen molar-refractivity contribution in [1.29, 1.82) is 0 Å². The van der Waals surface area contributed by atoms with Crippen LogP contribution < -0.4 is 0 Å². The number of fused-ring (bicyclic) bond motifs is 2. The fourth-order valence-corrected chi connectivity index (χ4v) is 7.74. The van der Waals surface area contributed by atoms with Gasteiger partial charge in [0.25, 0.3) is 0 Å². The zero-order chi connectivity index (χ0) is 21.7. The predicted molar refractivity (Wildman–Crippen MR) is 128 cm³/mol. The standard InChI is InChI=1S/C29H46O/c1-19(2)20(3)10-11-21(4)25-14-15-26-23(9-8-16-28(25,26)6)17-27(30-7)29-18-24(29)13-12-22(29)5/h10-11,17,19-21,24-27H,5,8-9,12-16,18H2,1-4,6-7H3/t20-,21+,24?,25?,26?,27?,28+,29?/m0/s1. The highest BCUT2D eigenvalue weighted by atomic mass is 16.5. The van der Waals surface area contributed by atoms with Gasteiger partial charge in [0.05, 0.1) is 6.10 Å². The zero-order valence-corrected chi connectivity index (χ0v) is 20.5. The van der Waals surface area contributed by atoms with Crippen molar-refractivity contribution < 1.29 is 4.74 Å². The van der Waals surface area contributed by atoms with Crippen LogP contribution in [0.1, 0.15) is 86.0 Å². The van der Waals surface area contributed by atoms with Gasteiger partial charge in [0.2, 0.25) is 0 Å². The van der Waals surface area contributed by atoms with Crippen LogP contribution in [0.3, 0.4) is 0 Å². The second kappa shape index (κ2) is 8.27. The Morgan fingerprint density at radius 2 is 1.83 bits per heavy atom. The van der Waals surface area contributed by atoms with Crippen molar-refractivity contribution in [1.82, 2.24) is 0 Å². The van der Waals surface area contributed by atoms with Crippen LogP contribution in [0.4, 0.5) is 0 Å². The summed E-state index contributed by atoms with van der Waals surface area (Å²) in [5.41, 5.74) is 3.94. The number of methoxy groups -OCH3 is 1. The van der Waals surface area contributed by atoms with E-state index in [2.05, 4.69) is 59.4 Å². The van der Waals surface area contributed by atoms with Crippen molar-refractivity contribution in [2.24, 2.45) is 46.3 Å². The molecule has 0 radical (unpaired) electrons. The second-order valence-electron chi connectivity index (χ2n) is 11.9. The van der Waals surface area contributed by atoms with E-state index in [-0.39, 0.29) is 11.5 Å². The van der Waals surface area contributed by atoms with Gasteiger partial charge in [0, 0.05) is 12.5 Å². The van der Waals surface area contributed by atoms with Crippen molar-refractivity contribution in [2.45, 2.75) is 92.1 Å². The third-order valence-electron chi connectivity index (χ3n) is 10.2. The smallest absolute Gasteiger partial charge is 0.0850 e. The second-order valence-corrected chi connectivity index (χ2v) is 11.9. The van der Waals surface area contributed by atoms with Gasteiger partial charge >= 0.3 is 0 Å². The lowest BCUT2D eigenvalue weighted by Gasteiger charge is -2.44. The summed E-state index contributed by atoms with van der Waals surface area (Å²) in [6.07, 6.45) is 18.6. The molecule has 0 spiro atoms. The third-order valence-corrected chi connectivity index (χ3v) is 10.2. The summed E-state index contributed by atoms with van der Waals surface area (Å²) in [5, 5.41) is 0. The summed E-state index contributed by atoms with van der Waals surface area (Å²) < 4.78 is 6.15. The molecule has 5 unspecified atom stereocenters. The van der Waals surface area contributed by atoms with Crippen LogP contribution in [0.5, 0.6) is 0 Å². The van der Waals surface area contributed by atoms with Crippen LogP contribution in [0.25, 0.3) is 0 Å². The molecule has 1 nitrogen and oxygen atoms in total. The number of rotatable bonds is 7. The fraction of sp³-hybridized carbons (Fsp3) is 0.793. The minimum absolute atomic E-state index is 0.262. The van der Waals surface area contributed by atoms with Gasteiger partial charge in [0.1, 0.15) is 0 Å². The van der Waals surface area contributed by atoms with E-state index in [0.29, 0.717) is 17.3 Å². The van der Waals surface area contributed by atoms with Gasteiger partial charge in [-0.15, -0.1) is 0 Å². The molecule has 0 aliphatic heterocycles. The number of allylic oxidation sites excluding steroid dienone is 3. The molecule has 8 atom stereocenters. The van der Waals surface area contributed by atoms with Crippen molar-refractivity contribution in [2.75, 3.05) is 7.11 Å². The Kier molecular flexibility index (Phi) is 6.17. The normalized spacial score (nSPS) is 42.6. The number of hydrogen-bond acceptors (Lipinski definition) is 1. The Hall–Kier alpha value is -0.820. The Morgan fingerprint density at radius 1 is 1.07 bits per heavy atom. The fourth-order valence-electron chi connectivity index (χ4n) is 7.74. The first-order valence-corrected chi connectivity index (χ1v) is 12.8. The van der Waals surface area contributed by atoms with Gasteiger partial charge in [-0.2, -0.15) is 0 Å². The Morgan fingerprint density at radius 3 is 2.43 bits per heavy atom. The van der Waals surface area contributed by atoms with E-state index in [9.17, 15) is 0 Å². The van der Waals surface area contributed by atoms with Crippen LogP contribution in [-0.4, -0.2) is 13.2 Å². The average molecular weight is 411 g/mol. The molecule has 168 valence electrons. The molecule has 0 aromatic carbocycles. The minimum atomic E-state index is 0.262. The van der Waals surface area contributed by atoms with E-state index in [0.717, 1.165) is 23.7 Å². The highest BCUT2D eigenvalue weighted by Crippen LogP contribution is 2.69. The summed E-state index contributed by atoms with van der Waals surface area (Å²) in [6, 6.07) is 0. The lowest BCUT2D eigenvalue weighted by atomic mass is 9.61. The molecule has 0 aromatic heterocycles. The molecule has 4 aliphatic carbocycles. The Bertz CT molecular complexity index is 714. The molecule has 0 amide bonds. The maximum Gasteiger partial charge on any atom is 0.0850 e. The topological polar surface area (TPSA) is 9.23 Å². The van der Waals surface area contributed by atoms with Crippen LogP contribution in [-0.2, 0) is 4.74 Å². The molecular weight excluding hydrogens is 364 g/mol. The molecule has 4 aliphatic rings. The molecule has 0 heterocycles. The molecule has 1 heteroatoms. The first-order chi connectivity index (χ1) is 14.2. The van der Waals surface area contributed by atoms with Gasteiger partial charge in [-0.3, -0.25) is 0 Å². The van der Waals surface area contributed by atoms with E-state index in [1.807, 2.05) is 7.11 Å². The average Bonchev–Trinajstić information content (AvgIpc) is 3.21. The molecule has 0 aromatic rings. The molecule has 0 saturated heterocycles. The first kappa shape index (κ1) is 22.4. The van der Waals surface area contributed by atoms with Gasteiger partial charge in [-0.1, -0.05) is 70.6 Å². The summed E-state index contributed by atoms with van der Waals surface area (Å²) in [5.74, 6) is 4.50. The van der Waals surface area contributed by atoms with E-state index in [4.69, 9.17) is 4.74 Å². The maximum absolute atomic E-state index is 6.15. The van der Waals surface area contributed by atoms with Gasteiger partial charge in [0.15, 0.2) is 0 Å². The van der Waals surface area contributed by atoms with Crippen LogP contribution in [0.15, 0.2) is 36.0 Å². The number of hydrogen-bond donors (Lipinski definition) is 0. The molecule has 0 N–H and O–H groups in total. The van der Waals surface area contributed by atoms with Gasteiger partial charge in [-0.05, 0) is 92.3 Å². The van der Waals surface area contributed by atoms with Crippen LogP contribution >= 0.6 is 0 Å². The number of ether oxygens (including phenoxy) is 1. The highest BCUT2D eigenvalue weighted by molar-refractivity contribution is 5.35. The largest absolute Gasteiger partial charge is 0.376 e. The van der Waals surface area contributed by atoms with Crippen LogP contribution in [0.2, 0.25) is 0 Å². The maximum atomic E-state index is 6.15. The predicted octanol–water partition coefficient (Wildman–Crippen LogP) is 7.98. The summed E-state index contributed by atoms with van der Waals surface area (Å²) in [7, 11) is 1.93. The molecule has 4 saturated carbocycles.